The summed E-state index contributed by atoms with van der Waals surface area (Å²) in [5.74, 6) is 0.894. The zero-order valence-corrected chi connectivity index (χ0v) is 10.3. The highest BCUT2D eigenvalue weighted by atomic mass is 15.2. The van der Waals surface area contributed by atoms with Gasteiger partial charge in [-0.2, -0.15) is 0 Å². The van der Waals surface area contributed by atoms with Gasteiger partial charge in [0.05, 0.1) is 0 Å². The van der Waals surface area contributed by atoms with Crippen LogP contribution in [0.15, 0.2) is 30.6 Å². The third kappa shape index (κ3) is 2.84. The highest BCUT2D eigenvalue weighted by Gasteiger charge is 2.03. The molecule has 0 fully saturated rings. The summed E-state index contributed by atoms with van der Waals surface area (Å²) in [6.45, 7) is 3.22. The zero-order chi connectivity index (χ0) is 12.1. The lowest BCUT2D eigenvalue weighted by Gasteiger charge is -2.06. The minimum absolute atomic E-state index is 0.894. The SMILES string of the molecule is CCCCNc1ccc(-c2nncn2C)cc1. The number of nitrogens with one attached hydrogen (secondary N) is 1. The number of unbranched alkanes of at least 4 members (excludes halogenated alkanes) is 1. The molecule has 4 heteroatoms. The zero-order valence-electron chi connectivity index (χ0n) is 10.3. The molecule has 0 atom stereocenters. The lowest BCUT2D eigenvalue weighted by atomic mass is 10.2. The number of benzene rings is 1. The number of rotatable bonds is 5. The van der Waals surface area contributed by atoms with Gasteiger partial charge in [-0.25, -0.2) is 0 Å². The monoisotopic (exact) mass is 230 g/mol. The summed E-state index contributed by atoms with van der Waals surface area (Å²) in [6, 6.07) is 8.30. The Morgan fingerprint density at radius 3 is 2.59 bits per heavy atom. The molecule has 90 valence electrons. The van der Waals surface area contributed by atoms with Gasteiger partial charge >= 0.3 is 0 Å². The second-order valence-electron chi connectivity index (χ2n) is 4.12. The number of nitrogens with zero attached hydrogens (tertiary/aromatic N) is 3. The van der Waals surface area contributed by atoms with E-state index in [0.717, 1.165) is 23.6 Å². The van der Waals surface area contributed by atoms with Crippen molar-refractivity contribution < 1.29 is 0 Å². The van der Waals surface area contributed by atoms with Crippen LogP contribution in [-0.2, 0) is 7.05 Å². The summed E-state index contributed by atoms with van der Waals surface area (Å²) >= 11 is 0. The van der Waals surface area contributed by atoms with Gasteiger partial charge in [0.15, 0.2) is 5.82 Å². The summed E-state index contributed by atoms with van der Waals surface area (Å²) in [7, 11) is 1.95. The molecule has 1 heterocycles. The molecule has 0 aliphatic heterocycles. The van der Waals surface area contributed by atoms with Crippen molar-refractivity contribution >= 4 is 5.69 Å². The van der Waals surface area contributed by atoms with Crippen molar-refractivity contribution in [1.29, 1.82) is 0 Å². The molecule has 1 N–H and O–H groups in total. The van der Waals surface area contributed by atoms with Gasteiger partial charge < -0.3 is 9.88 Å². The lowest BCUT2D eigenvalue weighted by molar-refractivity contribution is 0.834. The van der Waals surface area contributed by atoms with Crippen LogP contribution in [0.2, 0.25) is 0 Å². The molecule has 4 nitrogen and oxygen atoms in total. The van der Waals surface area contributed by atoms with E-state index in [-0.39, 0.29) is 0 Å². The molecule has 2 aromatic rings. The number of hydrogen-bond acceptors (Lipinski definition) is 3. The first-order chi connectivity index (χ1) is 8.31. The van der Waals surface area contributed by atoms with Gasteiger partial charge in [0.2, 0.25) is 0 Å². The van der Waals surface area contributed by atoms with Crippen LogP contribution in [0.25, 0.3) is 11.4 Å². The van der Waals surface area contributed by atoms with Crippen LogP contribution < -0.4 is 5.32 Å². The number of anilines is 1. The molecule has 0 aliphatic carbocycles. The Morgan fingerprint density at radius 2 is 2.00 bits per heavy atom. The topological polar surface area (TPSA) is 42.7 Å². The van der Waals surface area contributed by atoms with Gasteiger partial charge in [-0.3, -0.25) is 0 Å². The smallest absolute Gasteiger partial charge is 0.163 e. The van der Waals surface area contributed by atoms with Crippen LogP contribution in [0, 0.1) is 0 Å². The fourth-order valence-electron chi connectivity index (χ4n) is 1.69. The molecule has 0 saturated heterocycles. The Morgan fingerprint density at radius 1 is 1.24 bits per heavy atom. The van der Waals surface area contributed by atoms with Gasteiger partial charge in [-0.1, -0.05) is 13.3 Å². The number of aryl methyl sites for hydroxylation is 1. The van der Waals surface area contributed by atoms with E-state index in [1.807, 2.05) is 11.6 Å². The maximum atomic E-state index is 4.08. The summed E-state index contributed by atoms with van der Waals surface area (Å²) in [6.07, 6.45) is 4.12. The van der Waals surface area contributed by atoms with Crippen molar-refractivity contribution in [3.8, 4) is 11.4 Å². The molecule has 0 amide bonds. The van der Waals surface area contributed by atoms with Crippen LogP contribution in [0.5, 0.6) is 0 Å². The van der Waals surface area contributed by atoms with Crippen molar-refractivity contribution in [2.45, 2.75) is 19.8 Å². The largest absolute Gasteiger partial charge is 0.385 e. The van der Waals surface area contributed by atoms with Crippen LogP contribution in [-0.4, -0.2) is 21.3 Å². The molecule has 0 spiro atoms. The molecule has 0 bridgehead atoms. The fraction of sp³-hybridized carbons (Fsp3) is 0.385. The first kappa shape index (κ1) is 11.6. The Kier molecular flexibility index (Phi) is 3.75. The lowest BCUT2D eigenvalue weighted by Crippen LogP contribution is -2.00. The number of hydrogen-bond donors (Lipinski definition) is 1. The Labute approximate surface area is 102 Å². The van der Waals surface area contributed by atoms with E-state index in [1.165, 1.54) is 12.8 Å². The first-order valence-electron chi connectivity index (χ1n) is 5.99. The maximum Gasteiger partial charge on any atom is 0.163 e. The third-order valence-electron chi connectivity index (χ3n) is 2.71. The average molecular weight is 230 g/mol. The molecule has 0 unspecified atom stereocenters. The van der Waals surface area contributed by atoms with E-state index < -0.39 is 0 Å². The van der Waals surface area contributed by atoms with E-state index >= 15 is 0 Å². The van der Waals surface area contributed by atoms with E-state index in [1.54, 1.807) is 6.33 Å². The van der Waals surface area contributed by atoms with Crippen molar-refractivity contribution in [3.63, 3.8) is 0 Å². The van der Waals surface area contributed by atoms with Crippen LogP contribution in [0.3, 0.4) is 0 Å². The standard InChI is InChI=1S/C13H18N4/c1-3-4-9-14-12-7-5-11(6-8-12)13-16-15-10-17(13)2/h5-8,10,14H,3-4,9H2,1-2H3. The predicted octanol–water partition coefficient (Wildman–Crippen LogP) is 2.69. The Bertz CT molecular complexity index is 459. The van der Waals surface area contributed by atoms with Gasteiger partial charge in [0.25, 0.3) is 0 Å². The minimum atomic E-state index is 0.894. The Balaban J connectivity index is 2.06. The van der Waals surface area contributed by atoms with Gasteiger partial charge in [0, 0.05) is 24.8 Å². The number of aromatic nitrogens is 3. The van der Waals surface area contributed by atoms with Crippen LogP contribution in [0.4, 0.5) is 5.69 Å². The summed E-state index contributed by atoms with van der Waals surface area (Å²) in [4.78, 5) is 0. The van der Waals surface area contributed by atoms with Gasteiger partial charge in [-0.05, 0) is 30.7 Å². The minimum Gasteiger partial charge on any atom is -0.385 e. The molecule has 17 heavy (non-hydrogen) atoms. The molecule has 1 aromatic carbocycles. The third-order valence-corrected chi connectivity index (χ3v) is 2.71. The summed E-state index contributed by atoms with van der Waals surface area (Å²) in [5, 5.41) is 11.4. The van der Waals surface area contributed by atoms with E-state index in [9.17, 15) is 0 Å². The molecule has 1 aromatic heterocycles. The highest BCUT2D eigenvalue weighted by molar-refractivity contribution is 5.59. The summed E-state index contributed by atoms with van der Waals surface area (Å²) < 4.78 is 1.92. The predicted molar refractivity (Wildman–Crippen MR) is 69.8 cm³/mol. The van der Waals surface area contributed by atoms with E-state index in [4.69, 9.17) is 0 Å². The van der Waals surface area contributed by atoms with Crippen LogP contribution >= 0.6 is 0 Å². The molecule has 0 aliphatic rings. The van der Waals surface area contributed by atoms with Crippen molar-refractivity contribution in [2.75, 3.05) is 11.9 Å². The van der Waals surface area contributed by atoms with Crippen molar-refractivity contribution in [2.24, 2.45) is 7.05 Å². The Hall–Kier alpha value is -1.84. The van der Waals surface area contributed by atoms with Crippen molar-refractivity contribution in [1.82, 2.24) is 14.8 Å². The first-order valence-corrected chi connectivity index (χ1v) is 5.99. The van der Waals surface area contributed by atoms with Gasteiger partial charge in [-0.15, -0.1) is 10.2 Å². The second-order valence-corrected chi connectivity index (χ2v) is 4.12. The molecule has 2 rings (SSSR count). The molecule has 0 radical (unpaired) electrons. The molecular weight excluding hydrogens is 212 g/mol. The van der Waals surface area contributed by atoms with Crippen molar-refractivity contribution in [3.05, 3.63) is 30.6 Å². The maximum absolute atomic E-state index is 4.08. The normalized spacial score (nSPS) is 10.5. The van der Waals surface area contributed by atoms with E-state index in [2.05, 4.69) is 46.7 Å². The van der Waals surface area contributed by atoms with E-state index in [0.29, 0.717) is 0 Å². The quantitative estimate of drug-likeness (QED) is 0.803. The highest BCUT2D eigenvalue weighted by Crippen LogP contribution is 2.18. The summed E-state index contributed by atoms with van der Waals surface area (Å²) in [5.41, 5.74) is 2.25. The average Bonchev–Trinajstić information content (AvgIpc) is 2.77. The van der Waals surface area contributed by atoms with Crippen LogP contribution in [0.1, 0.15) is 19.8 Å². The fourth-order valence-corrected chi connectivity index (χ4v) is 1.69. The molecule has 0 saturated carbocycles. The second kappa shape index (κ2) is 5.48. The van der Waals surface area contributed by atoms with Gasteiger partial charge in [0.1, 0.15) is 6.33 Å². The molecular formula is C13H18N4.